The van der Waals surface area contributed by atoms with E-state index in [4.69, 9.17) is 0 Å². The predicted molar refractivity (Wildman–Crippen MR) is 161 cm³/mol. The topological polar surface area (TPSA) is 52.6 Å². The summed E-state index contributed by atoms with van der Waals surface area (Å²) in [5, 5.41) is 3.11. The van der Waals surface area contributed by atoms with Crippen LogP contribution >= 0.6 is 0 Å². The van der Waals surface area contributed by atoms with E-state index in [-0.39, 0.29) is 17.6 Å². The van der Waals surface area contributed by atoms with Crippen molar-refractivity contribution in [2.45, 2.75) is 110 Å². The van der Waals surface area contributed by atoms with E-state index < -0.39 is 0 Å². The molecular weight excluding hydrogens is 482 g/mol. The lowest BCUT2D eigenvalue weighted by molar-refractivity contribution is 0.0782. The Morgan fingerprint density at radius 1 is 0.795 bits per heavy atom. The molecule has 1 saturated heterocycles. The molecule has 1 aliphatic heterocycles. The van der Waals surface area contributed by atoms with Gasteiger partial charge in [0.25, 0.3) is 5.91 Å². The first-order valence-corrected chi connectivity index (χ1v) is 16.5. The van der Waals surface area contributed by atoms with E-state index in [1.165, 1.54) is 64.2 Å². The monoisotopic (exact) mass is 537 g/mol. The third kappa shape index (κ3) is 8.63. The van der Waals surface area contributed by atoms with Gasteiger partial charge in [-0.15, -0.1) is 0 Å². The quantitative estimate of drug-likeness (QED) is 0.328. The van der Waals surface area contributed by atoms with Crippen molar-refractivity contribution in [3.8, 4) is 0 Å². The minimum absolute atomic E-state index is 0.0903. The number of hydrogen-bond acceptors (Lipinski definition) is 4. The van der Waals surface area contributed by atoms with Crippen LogP contribution in [0.2, 0.25) is 0 Å². The molecule has 39 heavy (non-hydrogen) atoms. The number of piperazine rings is 1. The second kappa shape index (κ2) is 15.9. The van der Waals surface area contributed by atoms with E-state index in [0.717, 1.165) is 76.3 Å². The molecule has 2 unspecified atom stereocenters. The number of benzene rings is 1. The number of ketones is 1. The van der Waals surface area contributed by atoms with Crippen molar-refractivity contribution < 1.29 is 9.59 Å². The van der Waals surface area contributed by atoms with Gasteiger partial charge in [0.05, 0.1) is 5.56 Å². The Bertz CT molecular complexity index is 884. The van der Waals surface area contributed by atoms with Crippen molar-refractivity contribution in [1.29, 1.82) is 0 Å². The van der Waals surface area contributed by atoms with Crippen LogP contribution in [0.25, 0.3) is 0 Å². The molecule has 5 heteroatoms. The normalized spacial score (nSPS) is 24.6. The SMILES string of the molecule is CCC(CC)C1CCCCCCC(N2CCN(CCNC(=O)c3ccccc3C(=O)C3CCCC3)CC2)CC1. The highest BCUT2D eigenvalue weighted by Crippen LogP contribution is 2.33. The van der Waals surface area contributed by atoms with Crippen LogP contribution in [0.3, 0.4) is 0 Å². The van der Waals surface area contributed by atoms with Crippen LogP contribution in [0.1, 0.15) is 124 Å². The van der Waals surface area contributed by atoms with E-state index in [1.807, 2.05) is 24.3 Å². The molecule has 1 heterocycles. The van der Waals surface area contributed by atoms with Gasteiger partial charge in [0.15, 0.2) is 5.78 Å². The van der Waals surface area contributed by atoms with Crippen LogP contribution < -0.4 is 5.32 Å². The number of carbonyl (C=O) groups excluding carboxylic acids is 2. The number of nitrogens with zero attached hydrogens (tertiary/aromatic N) is 2. The molecule has 4 rings (SSSR count). The van der Waals surface area contributed by atoms with Gasteiger partial charge >= 0.3 is 0 Å². The van der Waals surface area contributed by atoms with Crippen molar-refractivity contribution in [2.24, 2.45) is 17.8 Å². The van der Waals surface area contributed by atoms with Crippen molar-refractivity contribution in [2.75, 3.05) is 39.3 Å². The maximum absolute atomic E-state index is 13.0. The van der Waals surface area contributed by atoms with Crippen molar-refractivity contribution in [3.05, 3.63) is 35.4 Å². The zero-order valence-electron chi connectivity index (χ0n) is 25.0. The maximum atomic E-state index is 13.0. The van der Waals surface area contributed by atoms with Gasteiger partial charge in [-0.3, -0.25) is 19.4 Å². The van der Waals surface area contributed by atoms with Crippen LogP contribution in [0.4, 0.5) is 0 Å². The van der Waals surface area contributed by atoms with Crippen molar-refractivity contribution in [3.63, 3.8) is 0 Å². The first-order chi connectivity index (χ1) is 19.1. The molecule has 2 aliphatic carbocycles. The van der Waals surface area contributed by atoms with Gasteiger partial charge in [-0.1, -0.05) is 89.8 Å². The molecule has 1 N–H and O–H groups in total. The van der Waals surface area contributed by atoms with Gasteiger partial charge in [0.2, 0.25) is 0 Å². The number of nitrogens with one attached hydrogen (secondary N) is 1. The first kappa shape index (κ1) is 30.2. The zero-order chi connectivity index (χ0) is 27.5. The van der Waals surface area contributed by atoms with Gasteiger partial charge in [0, 0.05) is 56.8 Å². The standard InChI is InChI=1S/C34H55N3O2/c1-3-27(4-2)28-13-7-5-6-8-16-30(20-19-28)37-25-23-36(24-26-37)22-21-35-34(39)32-18-12-11-17-31(32)33(38)29-14-9-10-15-29/h11-12,17-18,27-30H,3-10,13-16,19-26H2,1-2H3,(H,35,39). The van der Waals surface area contributed by atoms with Crippen molar-refractivity contribution >= 4 is 11.7 Å². The molecule has 1 aromatic carbocycles. The minimum Gasteiger partial charge on any atom is -0.351 e. The second-order valence-corrected chi connectivity index (χ2v) is 12.6. The van der Waals surface area contributed by atoms with Gasteiger partial charge in [-0.25, -0.2) is 0 Å². The number of Topliss-reactive ketones (excluding diaryl/α,β-unsaturated/α-hetero) is 1. The summed E-state index contributed by atoms with van der Waals surface area (Å²) in [5.74, 6) is 1.96. The Hall–Kier alpha value is -1.72. The lowest BCUT2D eigenvalue weighted by atomic mass is 9.79. The molecule has 0 radical (unpaired) electrons. The molecular formula is C34H55N3O2. The molecule has 3 fully saturated rings. The molecule has 0 spiro atoms. The average molecular weight is 538 g/mol. The Kier molecular flexibility index (Phi) is 12.3. The molecule has 0 bridgehead atoms. The third-order valence-electron chi connectivity index (χ3n) is 10.2. The lowest BCUT2D eigenvalue weighted by Crippen LogP contribution is -2.51. The van der Waals surface area contributed by atoms with Crippen LogP contribution in [0.15, 0.2) is 24.3 Å². The number of hydrogen-bond donors (Lipinski definition) is 1. The number of amides is 1. The van der Waals surface area contributed by atoms with E-state index >= 15 is 0 Å². The molecule has 2 saturated carbocycles. The molecule has 3 aliphatic rings. The van der Waals surface area contributed by atoms with Crippen LogP contribution in [-0.4, -0.2) is 66.8 Å². The second-order valence-electron chi connectivity index (χ2n) is 12.6. The summed E-state index contributed by atoms with van der Waals surface area (Å²) >= 11 is 0. The van der Waals surface area contributed by atoms with Gasteiger partial charge < -0.3 is 5.32 Å². The lowest BCUT2D eigenvalue weighted by Gasteiger charge is -2.40. The summed E-state index contributed by atoms with van der Waals surface area (Å²) in [7, 11) is 0. The number of rotatable bonds is 10. The summed E-state index contributed by atoms with van der Waals surface area (Å²) in [6, 6.07) is 8.13. The average Bonchev–Trinajstić information content (AvgIpc) is 3.52. The Morgan fingerprint density at radius 2 is 1.44 bits per heavy atom. The summed E-state index contributed by atoms with van der Waals surface area (Å²) in [5.41, 5.74) is 1.15. The largest absolute Gasteiger partial charge is 0.351 e. The van der Waals surface area contributed by atoms with Crippen LogP contribution in [-0.2, 0) is 0 Å². The van der Waals surface area contributed by atoms with Crippen LogP contribution in [0, 0.1) is 17.8 Å². The Morgan fingerprint density at radius 3 is 2.13 bits per heavy atom. The van der Waals surface area contributed by atoms with Gasteiger partial charge in [-0.05, 0) is 50.0 Å². The third-order valence-corrected chi connectivity index (χ3v) is 10.2. The highest BCUT2D eigenvalue weighted by atomic mass is 16.2. The summed E-state index contributed by atoms with van der Waals surface area (Å²) in [6.07, 6.45) is 18.1. The van der Waals surface area contributed by atoms with Crippen LogP contribution in [0.5, 0.6) is 0 Å². The molecule has 2 atom stereocenters. The summed E-state index contributed by atoms with van der Waals surface area (Å²) in [6.45, 7) is 10.7. The molecule has 1 amide bonds. The van der Waals surface area contributed by atoms with E-state index in [9.17, 15) is 9.59 Å². The van der Waals surface area contributed by atoms with E-state index in [1.54, 1.807) is 0 Å². The molecule has 218 valence electrons. The fourth-order valence-electron chi connectivity index (χ4n) is 7.71. The maximum Gasteiger partial charge on any atom is 0.252 e. The minimum atomic E-state index is -0.107. The summed E-state index contributed by atoms with van der Waals surface area (Å²) < 4.78 is 0. The smallest absolute Gasteiger partial charge is 0.252 e. The number of carbonyl (C=O) groups is 2. The van der Waals surface area contributed by atoms with E-state index in [0.29, 0.717) is 17.7 Å². The Balaban J connectivity index is 1.22. The fraction of sp³-hybridized carbons (Fsp3) is 0.765. The molecule has 1 aromatic rings. The van der Waals surface area contributed by atoms with Gasteiger partial charge in [-0.2, -0.15) is 0 Å². The molecule has 0 aromatic heterocycles. The van der Waals surface area contributed by atoms with E-state index in [2.05, 4.69) is 29.0 Å². The molecule has 5 nitrogen and oxygen atoms in total. The highest BCUT2D eigenvalue weighted by molar-refractivity contribution is 6.08. The predicted octanol–water partition coefficient (Wildman–Crippen LogP) is 6.96. The zero-order valence-corrected chi connectivity index (χ0v) is 25.0. The summed E-state index contributed by atoms with van der Waals surface area (Å²) in [4.78, 5) is 31.3. The Labute approximate surface area is 238 Å². The van der Waals surface area contributed by atoms with Gasteiger partial charge in [0.1, 0.15) is 0 Å². The highest BCUT2D eigenvalue weighted by Gasteiger charge is 2.28. The van der Waals surface area contributed by atoms with Crippen molar-refractivity contribution in [1.82, 2.24) is 15.1 Å². The first-order valence-electron chi connectivity index (χ1n) is 16.5. The fourth-order valence-corrected chi connectivity index (χ4v) is 7.71.